The number of rotatable bonds is 3. The van der Waals surface area contributed by atoms with E-state index in [1.165, 1.54) is 10.4 Å². The quantitative estimate of drug-likeness (QED) is 0.874. The van der Waals surface area contributed by atoms with Gasteiger partial charge in [0.25, 0.3) is 0 Å². The van der Waals surface area contributed by atoms with Crippen LogP contribution in [0.5, 0.6) is 0 Å². The Morgan fingerprint density at radius 3 is 2.84 bits per heavy atom. The fourth-order valence-corrected chi connectivity index (χ4v) is 5.78. The summed E-state index contributed by atoms with van der Waals surface area (Å²) in [6.45, 7) is 2.72. The van der Waals surface area contributed by atoms with E-state index in [0.29, 0.717) is 17.0 Å². The van der Waals surface area contributed by atoms with E-state index in [9.17, 15) is 13.2 Å². The monoisotopic (exact) mass is 369 g/mol. The number of nitrogens with zero attached hydrogens (tertiary/aromatic N) is 1. The van der Waals surface area contributed by atoms with Crippen LogP contribution < -0.4 is 0 Å². The highest BCUT2D eigenvalue weighted by Gasteiger charge is 2.34. The molecule has 19 heavy (non-hydrogen) atoms. The second-order valence-electron chi connectivity index (χ2n) is 4.09. The first-order chi connectivity index (χ1) is 8.84. The van der Waals surface area contributed by atoms with Gasteiger partial charge in [0.05, 0.1) is 17.0 Å². The minimum atomic E-state index is -3.70. The van der Waals surface area contributed by atoms with Crippen LogP contribution in [0.4, 0.5) is 0 Å². The maximum Gasteiger partial charge on any atom is 0.345 e. The Balaban J connectivity index is 2.41. The van der Waals surface area contributed by atoms with Crippen molar-refractivity contribution >= 4 is 43.3 Å². The largest absolute Gasteiger partial charge is 0.477 e. The highest BCUT2D eigenvalue weighted by Crippen LogP contribution is 2.34. The van der Waals surface area contributed by atoms with Crippen LogP contribution in [0.1, 0.15) is 16.6 Å². The first-order valence-corrected chi connectivity index (χ1v) is 8.51. The van der Waals surface area contributed by atoms with E-state index in [1.807, 2.05) is 0 Å². The molecule has 9 heteroatoms. The number of thiophene rings is 1. The zero-order valence-electron chi connectivity index (χ0n) is 10.00. The lowest BCUT2D eigenvalue weighted by molar-refractivity contribution is 0.0392. The van der Waals surface area contributed by atoms with Crippen LogP contribution in [-0.4, -0.2) is 49.6 Å². The second kappa shape index (κ2) is 5.49. The summed E-state index contributed by atoms with van der Waals surface area (Å²) in [5.41, 5.74) is 0. The standard InChI is InChI=1S/C10H12BrNO5S2/c1-6-5-17-3-2-12(6)19(15,16)8-4-7(10(13)14)18-9(8)11/h4,6H,2-3,5H2,1H3,(H,13,14). The Kier molecular flexibility index (Phi) is 4.31. The summed E-state index contributed by atoms with van der Waals surface area (Å²) in [6.07, 6.45) is 0. The molecule has 1 aliphatic heterocycles. The molecule has 1 aromatic heterocycles. The van der Waals surface area contributed by atoms with Crippen molar-refractivity contribution in [3.63, 3.8) is 0 Å². The second-order valence-corrected chi connectivity index (χ2v) is 8.32. The third-order valence-corrected chi connectivity index (χ3v) is 7.01. The van der Waals surface area contributed by atoms with Gasteiger partial charge in [-0.3, -0.25) is 0 Å². The summed E-state index contributed by atoms with van der Waals surface area (Å²) in [5, 5.41) is 8.91. The number of carbonyl (C=O) groups is 1. The minimum Gasteiger partial charge on any atom is -0.477 e. The lowest BCUT2D eigenvalue weighted by atomic mass is 10.3. The predicted octanol–water partition coefficient (Wildman–Crippen LogP) is 1.62. The number of halogens is 1. The summed E-state index contributed by atoms with van der Waals surface area (Å²) < 4.78 is 31.9. The normalized spacial score (nSPS) is 21.5. The Labute approximate surface area is 123 Å². The molecule has 1 aromatic rings. The molecule has 0 bridgehead atoms. The molecule has 2 heterocycles. The Hall–Kier alpha value is -0.480. The molecule has 6 nitrogen and oxygen atoms in total. The smallest absolute Gasteiger partial charge is 0.345 e. The van der Waals surface area contributed by atoms with Gasteiger partial charge in [0, 0.05) is 12.6 Å². The van der Waals surface area contributed by atoms with E-state index in [2.05, 4.69) is 15.9 Å². The van der Waals surface area contributed by atoms with Crippen LogP contribution >= 0.6 is 27.3 Å². The summed E-state index contributed by atoms with van der Waals surface area (Å²) in [4.78, 5) is 10.9. The van der Waals surface area contributed by atoms with Crippen LogP contribution in [0, 0.1) is 0 Å². The summed E-state index contributed by atoms with van der Waals surface area (Å²) >= 11 is 4.02. The molecule has 0 aliphatic carbocycles. The van der Waals surface area contributed by atoms with Crippen molar-refractivity contribution in [2.24, 2.45) is 0 Å². The maximum absolute atomic E-state index is 12.5. The van der Waals surface area contributed by atoms with Crippen LogP contribution in [0.3, 0.4) is 0 Å². The zero-order chi connectivity index (χ0) is 14.2. The van der Waals surface area contributed by atoms with Gasteiger partial charge in [0.1, 0.15) is 9.77 Å². The van der Waals surface area contributed by atoms with Crippen molar-refractivity contribution < 1.29 is 23.1 Å². The van der Waals surface area contributed by atoms with E-state index in [0.717, 1.165) is 11.3 Å². The molecule has 1 unspecified atom stereocenters. The molecule has 1 aliphatic rings. The molecule has 0 amide bonds. The molecule has 0 radical (unpaired) electrons. The number of hydrogen-bond donors (Lipinski definition) is 1. The number of carboxylic acids is 1. The van der Waals surface area contributed by atoms with Gasteiger partial charge in [-0.25, -0.2) is 13.2 Å². The molecule has 1 atom stereocenters. The number of ether oxygens (including phenoxy) is 1. The summed E-state index contributed by atoms with van der Waals surface area (Å²) in [7, 11) is -3.70. The molecule has 1 saturated heterocycles. The topological polar surface area (TPSA) is 83.9 Å². The minimum absolute atomic E-state index is 0.00338. The van der Waals surface area contributed by atoms with Gasteiger partial charge >= 0.3 is 5.97 Å². The molecule has 0 aromatic carbocycles. The van der Waals surface area contributed by atoms with E-state index < -0.39 is 16.0 Å². The fourth-order valence-electron chi connectivity index (χ4n) is 1.83. The van der Waals surface area contributed by atoms with Gasteiger partial charge in [-0.1, -0.05) is 0 Å². The highest BCUT2D eigenvalue weighted by molar-refractivity contribution is 9.11. The highest BCUT2D eigenvalue weighted by atomic mass is 79.9. The maximum atomic E-state index is 12.5. The number of aromatic carboxylic acids is 1. The molecule has 1 N–H and O–H groups in total. The number of morpholine rings is 1. The number of sulfonamides is 1. The van der Waals surface area contributed by atoms with E-state index in [4.69, 9.17) is 9.84 Å². The lowest BCUT2D eigenvalue weighted by Gasteiger charge is -2.32. The van der Waals surface area contributed by atoms with Gasteiger partial charge < -0.3 is 9.84 Å². The number of hydrogen-bond acceptors (Lipinski definition) is 5. The number of carboxylic acid groups (broad SMARTS) is 1. The predicted molar refractivity (Wildman–Crippen MR) is 73.2 cm³/mol. The fraction of sp³-hybridized carbons (Fsp3) is 0.500. The third kappa shape index (κ3) is 2.84. The lowest BCUT2D eigenvalue weighted by Crippen LogP contribution is -2.46. The molecule has 0 spiro atoms. The molecule has 0 saturated carbocycles. The first kappa shape index (κ1) is 14.9. The van der Waals surface area contributed by atoms with E-state index in [1.54, 1.807) is 6.92 Å². The summed E-state index contributed by atoms with van der Waals surface area (Å²) in [6, 6.07) is 0.924. The first-order valence-electron chi connectivity index (χ1n) is 5.46. The average Bonchev–Trinajstić information content (AvgIpc) is 2.72. The Morgan fingerprint density at radius 1 is 1.63 bits per heavy atom. The van der Waals surface area contributed by atoms with Crippen molar-refractivity contribution in [1.29, 1.82) is 0 Å². The van der Waals surface area contributed by atoms with Crippen LogP contribution in [-0.2, 0) is 14.8 Å². The van der Waals surface area contributed by atoms with Gasteiger partial charge in [0.15, 0.2) is 0 Å². The molecule has 2 rings (SSSR count). The Morgan fingerprint density at radius 2 is 2.32 bits per heavy atom. The molecule has 1 fully saturated rings. The van der Waals surface area contributed by atoms with E-state index >= 15 is 0 Å². The van der Waals surface area contributed by atoms with Crippen LogP contribution in [0.2, 0.25) is 0 Å². The van der Waals surface area contributed by atoms with Crippen molar-refractivity contribution in [1.82, 2.24) is 4.31 Å². The van der Waals surface area contributed by atoms with Crippen LogP contribution in [0.15, 0.2) is 14.7 Å². The Bertz CT molecular complexity index is 597. The van der Waals surface area contributed by atoms with Crippen LogP contribution in [0.25, 0.3) is 0 Å². The van der Waals surface area contributed by atoms with Gasteiger partial charge in [0.2, 0.25) is 10.0 Å². The van der Waals surface area contributed by atoms with Gasteiger partial charge in [-0.05, 0) is 28.9 Å². The average molecular weight is 370 g/mol. The zero-order valence-corrected chi connectivity index (χ0v) is 13.2. The third-order valence-electron chi connectivity index (χ3n) is 2.76. The van der Waals surface area contributed by atoms with Crippen molar-refractivity contribution in [3.8, 4) is 0 Å². The van der Waals surface area contributed by atoms with Crippen molar-refractivity contribution in [3.05, 3.63) is 14.7 Å². The van der Waals surface area contributed by atoms with Crippen molar-refractivity contribution in [2.45, 2.75) is 17.9 Å². The van der Waals surface area contributed by atoms with Gasteiger partial charge in [-0.15, -0.1) is 11.3 Å². The van der Waals surface area contributed by atoms with Crippen molar-refractivity contribution in [2.75, 3.05) is 19.8 Å². The van der Waals surface area contributed by atoms with E-state index in [-0.39, 0.29) is 22.4 Å². The molecular formula is C10H12BrNO5S2. The van der Waals surface area contributed by atoms with Gasteiger partial charge in [-0.2, -0.15) is 4.31 Å². The molecular weight excluding hydrogens is 358 g/mol. The summed E-state index contributed by atoms with van der Waals surface area (Å²) in [5.74, 6) is -1.14. The SMILES string of the molecule is CC1COCCN1S(=O)(=O)c1cc(C(=O)O)sc1Br. The molecule has 106 valence electrons.